The highest BCUT2D eigenvalue weighted by molar-refractivity contribution is 5.41. The van der Waals surface area contributed by atoms with Gasteiger partial charge in [0, 0.05) is 0 Å². The Hall–Kier alpha value is -1.19. The Bertz CT molecular complexity index is 436. The molecule has 1 aliphatic carbocycles. The van der Waals surface area contributed by atoms with E-state index >= 15 is 0 Å². The second kappa shape index (κ2) is 5.63. The van der Waals surface area contributed by atoms with E-state index in [0.29, 0.717) is 17.6 Å². The molecule has 0 amide bonds. The molecular weight excluding hydrogens is 226 g/mol. The zero-order chi connectivity index (χ0) is 13.1. The number of H-pyrrole nitrogens is 1. The Morgan fingerprint density at radius 3 is 2.44 bits per heavy atom. The summed E-state index contributed by atoms with van der Waals surface area (Å²) in [4.78, 5) is 12.2. The molecule has 0 aromatic carbocycles. The highest BCUT2D eigenvalue weighted by atomic mass is 16.1. The van der Waals surface area contributed by atoms with Crippen molar-refractivity contribution in [2.75, 3.05) is 5.73 Å². The molecule has 0 unspecified atom stereocenters. The van der Waals surface area contributed by atoms with E-state index in [1.807, 2.05) is 0 Å². The maximum atomic E-state index is 12.2. The number of rotatable bonds is 3. The van der Waals surface area contributed by atoms with Crippen LogP contribution in [0.4, 0.5) is 5.69 Å². The normalized spacial score (nSPS) is 18.2. The van der Waals surface area contributed by atoms with Gasteiger partial charge in [0.15, 0.2) is 0 Å². The fourth-order valence-electron chi connectivity index (χ4n) is 2.85. The van der Waals surface area contributed by atoms with Crippen molar-refractivity contribution < 1.29 is 0 Å². The molecule has 0 bridgehead atoms. The van der Waals surface area contributed by atoms with E-state index in [1.165, 1.54) is 25.7 Å². The van der Waals surface area contributed by atoms with Crippen molar-refractivity contribution in [3.05, 3.63) is 16.0 Å². The SMILES string of the molecule is CC(C)Cc1[nH]n(C2CCCCCC2)c(=O)c1N. The van der Waals surface area contributed by atoms with Crippen molar-refractivity contribution in [2.45, 2.75) is 64.8 Å². The van der Waals surface area contributed by atoms with Gasteiger partial charge in [-0.05, 0) is 25.2 Å². The van der Waals surface area contributed by atoms with Gasteiger partial charge in [-0.2, -0.15) is 0 Å². The predicted octanol–water partition coefficient (Wildman–Crippen LogP) is 2.85. The summed E-state index contributed by atoms with van der Waals surface area (Å²) < 4.78 is 1.79. The van der Waals surface area contributed by atoms with Gasteiger partial charge in [0.25, 0.3) is 5.56 Å². The van der Waals surface area contributed by atoms with Crippen molar-refractivity contribution in [1.82, 2.24) is 9.78 Å². The molecular formula is C14H25N3O. The number of nitrogens with two attached hydrogens (primary N) is 1. The van der Waals surface area contributed by atoms with Gasteiger partial charge in [-0.25, -0.2) is 4.68 Å². The van der Waals surface area contributed by atoms with Crippen LogP contribution in [0.2, 0.25) is 0 Å². The monoisotopic (exact) mass is 251 g/mol. The highest BCUT2D eigenvalue weighted by Gasteiger charge is 2.20. The maximum absolute atomic E-state index is 12.2. The van der Waals surface area contributed by atoms with E-state index in [9.17, 15) is 4.79 Å². The third kappa shape index (κ3) is 2.79. The van der Waals surface area contributed by atoms with Gasteiger partial charge in [-0.3, -0.25) is 9.89 Å². The molecule has 102 valence electrons. The minimum Gasteiger partial charge on any atom is -0.393 e. The molecule has 2 rings (SSSR count). The Kier molecular flexibility index (Phi) is 4.15. The van der Waals surface area contributed by atoms with Crippen LogP contribution in [0.1, 0.15) is 64.1 Å². The third-order valence-corrected chi connectivity index (χ3v) is 3.83. The van der Waals surface area contributed by atoms with E-state index in [4.69, 9.17) is 5.73 Å². The molecule has 0 atom stereocenters. The summed E-state index contributed by atoms with van der Waals surface area (Å²) in [7, 11) is 0. The number of anilines is 1. The summed E-state index contributed by atoms with van der Waals surface area (Å²) in [6.45, 7) is 4.28. The topological polar surface area (TPSA) is 63.8 Å². The van der Waals surface area contributed by atoms with Crippen molar-refractivity contribution in [2.24, 2.45) is 5.92 Å². The lowest BCUT2D eigenvalue weighted by atomic mass is 10.1. The van der Waals surface area contributed by atoms with Crippen LogP contribution in [0.5, 0.6) is 0 Å². The van der Waals surface area contributed by atoms with Crippen molar-refractivity contribution >= 4 is 5.69 Å². The molecule has 1 aromatic rings. The second-order valence-corrected chi connectivity index (χ2v) is 5.92. The standard InChI is InChI=1S/C14H25N3O/c1-10(2)9-12-13(15)14(18)17(16-12)11-7-5-3-4-6-8-11/h10-11,16H,3-9,15H2,1-2H3. The van der Waals surface area contributed by atoms with E-state index in [1.54, 1.807) is 4.68 Å². The molecule has 4 heteroatoms. The lowest BCUT2D eigenvalue weighted by Gasteiger charge is -2.14. The zero-order valence-corrected chi connectivity index (χ0v) is 11.5. The van der Waals surface area contributed by atoms with Crippen LogP contribution >= 0.6 is 0 Å². The Balaban J connectivity index is 2.24. The number of nitrogens with zero attached hydrogens (tertiary/aromatic N) is 1. The quantitative estimate of drug-likeness (QED) is 0.811. The second-order valence-electron chi connectivity index (χ2n) is 5.92. The fourth-order valence-corrected chi connectivity index (χ4v) is 2.85. The Morgan fingerprint density at radius 1 is 1.28 bits per heavy atom. The van der Waals surface area contributed by atoms with Crippen LogP contribution in [0, 0.1) is 5.92 Å². The largest absolute Gasteiger partial charge is 0.393 e. The van der Waals surface area contributed by atoms with E-state index in [0.717, 1.165) is 25.0 Å². The molecule has 4 nitrogen and oxygen atoms in total. The van der Waals surface area contributed by atoms with Crippen LogP contribution in [0.25, 0.3) is 0 Å². The minimum absolute atomic E-state index is 0.0162. The highest BCUT2D eigenvalue weighted by Crippen LogP contribution is 2.26. The third-order valence-electron chi connectivity index (χ3n) is 3.83. The molecule has 0 radical (unpaired) electrons. The van der Waals surface area contributed by atoms with E-state index < -0.39 is 0 Å². The molecule has 1 aromatic heterocycles. The molecule has 1 heterocycles. The first-order valence-electron chi connectivity index (χ1n) is 7.18. The van der Waals surface area contributed by atoms with Crippen LogP contribution in [-0.2, 0) is 6.42 Å². The average Bonchev–Trinajstić information content (AvgIpc) is 2.57. The van der Waals surface area contributed by atoms with Crippen molar-refractivity contribution in [3.8, 4) is 0 Å². The minimum atomic E-state index is -0.0162. The Labute approximate surface area is 109 Å². The van der Waals surface area contributed by atoms with Crippen LogP contribution < -0.4 is 11.3 Å². The van der Waals surface area contributed by atoms with Crippen molar-refractivity contribution in [1.29, 1.82) is 0 Å². The van der Waals surface area contributed by atoms with Crippen LogP contribution in [-0.4, -0.2) is 9.78 Å². The first kappa shape index (κ1) is 13.2. The molecule has 0 aliphatic heterocycles. The first-order chi connectivity index (χ1) is 8.59. The summed E-state index contributed by atoms with van der Waals surface area (Å²) in [5.41, 5.74) is 7.26. The smallest absolute Gasteiger partial charge is 0.290 e. The van der Waals surface area contributed by atoms with Crippen molar-refractivity contribution in [3.63, 3.8) is 0 Å². The Morgan fingerprint density at radius 2 is 1.89 bits per heavy atom. The maximum Gasteiger partial charge on any atom is 0.290 e. The number of aromatic amines is 1. The summed E-state index contributed by atoms with van der Waals surface area (Å²) in [5, 5.41) is 3.26. The summed E-state index contributed by atoms with van der Waals surface area (Å²) >= 11 is 0. The fraction of sp³-hybridized carbons (Fsp3) is 0.786. The number of nitrogens with one attached hydrogen (secondary N) is 1. The van der Waals surface area contributed by atoms with E-state index in [-0.39, 0.29) is 5.56 Å². The van der Waals surface area contributed by atoms with Gasteiger partial charge < -0.3 is 5.73 Å². The van der Waals surface area contributed by atoms with Gasteiger partial charge >= 0.3 is 0 Å². The molecule has 1 saturated carbocycles. The molecule has 3 N–H and O–H groups in total. The first-order valence-corrected chi connectivity index (χ1v) is 7.18. The average molecular weight is 251 g/mol. The van der Waals surface area contributed by atoms with Crippen LogP contribution in [0.15, 0.2) is 4.79 Å². The zero-order valence-electron chi connectivity index (χ0n) is 11.5. The molecule has 0 saturated heterocycles. The molecule has 1 fully saturated rings. The number of hydrogen-bond acceptors (Lipinski definition) is 2. The number of hydrogen-bond donors (Lipinski definition) is 2. The lowest BCUT2D eigenvalue weighted by Crippen LogP contribution is -2.23. The summed E-state index contributed by atoms with van der Waals surface area (Å²) in [5.74, 6) is 0.507. The van der Waals surface area contributed by atoms with Gasteiger partial charge in [0.1, 0.15) is 5.69 Å². The summed E-state index contributed by atoms with van der Waals surface area (Å²) in [6.07, 6.45) is 8.06. The molecule has 1 aliphatic rings. The lowest BCUT2D eigenvalue weighted by molar-refractivity contribution is 0.392. The number of aromatic nitrogens is 2. The molecule has 18 heavy (non-hydrogen) atoms. The van der Waals surface area contributed by atoms with Gasteiger partial charge in [0.05, 0.1) is 11.7 Å². The summed E-state index contributed by atoms with van der Waals surface area (Å²) in [6, 6.07) is 0.322. The molecule has 0 spiro atoms. The van der Waals surface area contributed by atoms with Crippen LogP contribution in [0.3, 0.4) is 0 Å². The van der Waals surface area contributed by atoms with Gasteiger partial charge in [-0.1, -0.05) is 39.5 Å². The van der Waals surface area contributed by atoms with E-state index in [2.05, 4.69) is 18.9 Å². The predicted molar refractivity (Wildman–Crippen MR) is 74.7 cm³/mol. The van der Waals surface area contributed by atoms with Gasteiger partial charge in [-0.15, -0.1) is 0 Å². The number of nitrogen functional groups attached to an aromatic ring is 1. The van der Waals surface area contributed by atoms with Gasteiger partial charge in [0.2, 0.25) is 0 Å².